The molecule has 0 atom stereocenters. The SMILES string of the molecule is CCCCSc1nnc(-c2cc(OC)c(OC)c(OC)c2)n1-c1ccccc1. The van der Waals surface area contributed by atoms with Crippen LogP contribution in [0.25, 0.3) is 17.1 Å². The normalized spacial score (nSPS) is 10.7. The maximum absolute atomic E-state index is 5.51. The predicted molar refractivity (Wildman–Crippen MR) is 112 cm³/mol. The number of rotatable bonds is 9. The summed E-state index contributed by atoms with van der Waals surface area (Å²) in [5.41, 5.74) is 1.85. The van der Waals surface area contributed by atoms with Crippen LogP contribution >= 0.6 is 11.8 Å². The van der Waals surface area contributed by atoms with Crippen LogP contribution in [0, 0.1) is 0 Å². The average molecular weight is 400 g/mol. The Hall–Kier alpha value is -2.67. The summed E-state index contributed by atoms with van der Waals surface area (Å²) < 4.78 is 18.5. The first-order valence-corrected chi connectivity index (χ1v) is 10.2. The molecule has 0 fully saturated rings. The van der Waals surface area contributed by atoms with E-state index in [0.717, 1.165) is 40.8 Å². The van der Waals surface area contributed by atoms with Gasteiger partial charge in [0.05, 0.1) is 21.3 Å². The molecule has 0 bridgehead atoms. The van der Waals surface area contributed by atoms with Crippen molar-refractivity contribution >= 4 is 11.8 Å². The molecule has 0 saturated heterocycles. The summed E-state index contributed by atoms with van der Waals surface area (Å²) in [5, 5.41) is 9.81. The average Bonchev–Trinajstić information content (AvgIpc) is 3.17. The summed E-state index contributed by atoms with van der Waals surface area (Å²) in [4.78, 5) is 0. The standard InChI is InChI=1S/C21H25N3O3S/c1-5-6-12-28-21-23-22-20(24(21)16-10-8-7-9-11-16)15-13-17(25-2)19(27-4)18(14-15)26-3/h7-11,13-14H,5-6,12H2,1-4H3. The zero-order valence-corrected chi connectivity index (χ0v) is 17.5. The molecule has 0 saturated carbocycles. The van der Waals surface area contributed by atoms with Gasteiger partial charge >= 0.3 is 0 Å². The molecule has 0 aliphatic carbocycles. The van der Waals surface area contributed by atoms with Crippen molar-refractivity contribution in [1.82, 2.24) is 14.8 Å². The Balaban J connectivity index is 2.14. The van der Waals surface area contributed by atoms with E-state index in [0.29, 0.717) is 17.2 Å². The minimum atomic E-state index is 0.553. The lowest BCUT2D eigenvalue weighted by Gasteiger charge is -2.15. The Morgan fingerprint density at radius 3 is 2.18 bits per heavy atom. The lowest BCUT2D eigenvalue weighted by Crippen LogP contribution is -2.01. The Morgan fingerprint density at radius 1 is 0.929 bits per heavy atom. The van der Waals surface area contributed by atoms with Crippen LogP contribution in [0.5, 0.6) is 17.2 Å². The van der Waals surface area contributed by atoms with Gasteiger partial charge in [-0.2, -0.15) is 0 Å². The van der Waals surface area contributed by atoms with Gasteiger partial charge < -0.3 is 14.2 Å². The first-order chi connectivity index (χ1) is 13.7. The second kappa shape index (κ2) is 9.50. The van der Waals surface area contributed by atoms with Crippen LogP contribution in [-0.2, 0) is 0 Å². The summed E-state index contributed by atoms with van der Waals surface area (Å²) in [6.07, 6.45) is 2.28. The summed E-state index contributed by atoms with van der Waals surface area (Å²) in [5.74, 6) is 3.44. The number of hydrogen-bond donors (Lipinski definition) is 0. The van der Waals surface area contributed by atoms with Crippen molar-refractivity contribution < 1.29 is 14.2 Å². The van der Waals surface area contributed by atoms with Gasteiger partial charge in [0.25, 0.3) is 0 Å². The molecule has 28 heavy (non-hydrogen) atoms. The van der Waals surface area contributed by atoms with Crippen LogP contribution in [0.4, 0.5) is 0 Å². The second-order valence-corrected chi connectivity index (χ2v) is 7.16. The lowest BCUT2D eigenvalue weighted by atomic mass is 10.1. The van der Waals surface area contributed by atoms with Crippen molar-refractivity contribution in [3.8, 4) is 34.3 Å². The van der Waals surface area contributed by atoms with E-state index < -0.39 is 0 Å². The number of hydrogen-bond acceptors (Lipinski definition) is 6. The third kappa shape index (κ3) is 4.09. The Kier molecular flexibility index (Phi) is 6.81. The van der Waals surface area contributed by atoms with Gasteiger partial charge in [-0.05, 0) is 30.7 Å². The molecular weight excluding hydrogens is 374 g/mol. The van der Waals surface area contributed by atoms with Crippen molar-refractivity contribution in [2.24, 2.45) is 0 Å². The van der Waals surface area contributed by atoms with Crippen LogP contribution in [-0.4, -0.2) is 41.8 Å². The van der Waals surface area contributed by atoms with Crippen molar-refractivity contribution in [2.75, 3.05) is 27.1 Å². The van der Waals surface area contributed by atoms with Gasteiger partial charge in [0, 0.05) is 17.0 Å². The zero-order valence-electron chi connectivity index (χ0n) is 16.6. The summed E-state index contributed by atoms with van der Waals surface area (Å²) in [6.45, 7) is 2.18. The van der Waals surface area contributed by atoms with E-state index in [4.69, 9.17) is 14.2 Å². The molecule has 0 aliphatic rings. The third-order valence-electron chi connectivity index (χ3n) is 4.30. The fraction of sp³-hybridized carbons (Fsp3) is 0.333. The molecular formula is C21H25N3O3S. The van der Waals surface area contributed by atoms with Gasteiger partial charge in [0.2, 0.25) is 5.75 Å². The van der Waals surface area contributed by atoms with Crippen LogP contribution in [0.15, 0.2) is 47.6 Å². The fourth-order valence-electron chi connectivity index (χ4n) is 2.88. The van der Waals surface area contributed by atoms with E-state index in [9.17, 15) is 0 Å². The Labute approximate surface area is 169 Å². The molecule has 0 N–H and O–H groups in total. The first-order valence-electron chi connectivity index (χ1n) is 9.17. The number of para-hydroxylation sites is 1. The highest BCUT2D eigenvalue weighted by Gasteiger charge is 2.20. The van der Waals surface area contributed by atoms with E-state index in [-0.39, 0.29) is 0 Å². The van der Waals surface area contributed by atoms with Crippen LogP contribution in [0.2, 0.25) is 0 Å². The van der Waals surface area contributed by atoms with E-state index in [1.807, 2.05) is 30.3 Å². The number of nitrogens with zero attached hydrogens (tertiary/aromatic N) is 3. The monoisotopic (exact) mass is 399 g/mol. The van der Waals surface area contributed by atoms with Crippen LogP contribution in [0.1, 0.15) is 19.8 Å². The quantitative estimate of drug-likeness (QED) is 0.379. The highest BCUT2D eigenvalue weighted by atomic mass is 32.2. The van der Waals surface area contributed by atoms with E-state index >= 15 is 0 Å². The van der Waals surface area contributed by atoms with Crippen molar-refractivity contribution in [3.63, 3.8) is 0 Å². The topological polar surface area (TPSA) is 58.4 Å². The van der Waals surface area contributed by atoms with Gasteiger partial charge in [0.1, 0.15) is 0 Å². The molecule has 0 spiro atoms. The zero-order chi connectivity index (χ0) is 19.9. The summed E-state index contributed by atoms with van der Waals surface area (Å²) in [7, 11) is 4.80. The first kappa shape index (κ1) is 20.1. The predicted octanol–water partition coefficient (Wildman–Crippen LogP) is 4.85. The largest absolute Gasteiger partial charge is 0.493 e. The summed E-state index contributed by atoms with van der Waals surface area (Å²) in [6, 6.07) is 13.9. The Morgan fingerprint density at radius 2 is 1.61 bits per heavy atom. The molecule has 1 aromatic heterocycles. The number of unbranched alkanes of at least 4 members (excludes halogenated alkanes) is 1. The second-order valence-electron chi connectivity index (χ2n) is 6.09. The van der Waals surface area contributed by atoms with Crippen molar-refractivity contribution in [2.45, 2.75) is 24.9 Å². The van der Waals surface area contributed by atoms with Gasteiger partial charge in [-0.25, -0.2) is 0 Å². The lowest BCUT2D eigenvalue weighted by molar-refractivity contribution is 0.324. The number of benzene rings is 2. The third-order valence-corrected chi connectivity index (χ3v) is 5.31. The van der Waals surface area contributed by atoms with Gasteiger partial charge in [-0.1, -0.05) is 43.3 Å². The summed E-state index contributed by atoms with van der Waals surface area (Å²) >= 11 is 1.71. The highest BCUT2D eigenvalue weighted by Crippen LogP contribution is 2.41. The number of thioether (sulfide) groups is 1. The van der Waals surface area contributed by atoms with Crippen LogP contribution < -0.4 is 14.2 Å². The number of methoxy groups -OCH3 is 3. The molecule has 7 heteroatoms. The smallest absolute Gasteiger partial charge is 0.203 e. The molecule has 0 unspecified atom stereocenters. The molecule has 2 aromatic carbocycles. The number of aromatic nitrogens is 3. The minimum absolute atomic E-state index is 0.553. The molecule has 6 nitrogen and oxygen atoms in total. The van der Waals surface area contributed by atoms with Gasteiger partial charge in [0.15, 0.2) is 22.5 Å². The minimum Gasteiger partial charge on any atom is -0.493 e. The fourth-order valence-corrected chi connectivity index (χ4v) is 3.91. The van der Waals surface area contributed by atoms with E-state index in [2.05, 4.69) is 33.8 Å². The molecule has 3 aromatic rings. The van der Waals surface area contributed by atoms with Crippen molar-refractivity contribution in [3.05, 3.63) is 42.5 Å². The highest BCUT2D eigenvalue weighted by molar-refractivity contribution is 7.99. The molecule has 0 aliphatic heterocycles. The molecule has 148 valence electrons. The molecule has 0 radical (unpaired) electrons. The van der Waals surface area contributed by atoms with Crippen molar-refractivity contribution in [1.29, 1.82) is 0 Å². The maximum atomic E-state index is 5.51. The Bertz CT molecular complexity index is 888. The molecule has 3 rings (SSSR count). The van der Waals surface area contributed by atoms with E-state index in [1.165, 1.54) is 0 Å². The molecule has 1 heterocycles. The van der Waals surface area contributed by atoms with Gasteiger partial charge in [-0.3, -0.25) is 4.57 Å². The van der Waals surface area contributed by atoms with Crippen LogP contribution in [0.3, 0.4) is 0 Å². The maximum Gasteiger partial charge on any atom is 0.203 e. The van der Waals surface area contributed by atoms with Gasteiger partial charge in [-0.15, -0.1) is 10.2 Å². The molecule has 0 amide bonds. The number of ether oxygens (including phenoxy) is 3. The van der Waals surface area contributed by atoms with E-state index in [1.54, 1.807) is 33.1 Å².